The van der Waals surface area contributed by atoms with E-state index < -0.39 is 0 Å². The summed E-state index contributed by atoms with van der Waals surface area (Å²) in [5.74, 6) is -0.105. The van der Waals surface area contributed by atoms with Gasteiger partial charge in [0.05, 0.1) is 10.8 Å². The second-order valence-electron chi connectivity index (χ2n) is 6.34. The highest BCUT2D eigenvalue weighted by atomic mass is 32.2. The molecule has 5 nitrogen and oxygen atoms in total. The van der Waals surface area contributed by atoms with E-state index in [1.165, 1.54) is 18.7 Å². The highest BCUT2D eigenvalue weighted by Gasteiger charge is 2.27. The smallest absolute Gasteiger partial charge is 0.236 e. The van der Waals surface area contributed by atoms with Crippen LogP contribution in [0.1, 0.15) is 63.2 Å². The molecule has 1 aromatic heterocycles. The third kappa shape index (κ3) is 4.57. The fraction of sp³-hybridized carbons (Fsp3) is 0.556. The Balaban J connectivity index is 3.12. The van der Waals surface area contributed by atoms with Crippen molar-refractivity contribution in [2.45, 2.75) is 70.8 Å². The number of hydrogen-bond donors (Lipinski definition) is 0. The maximum absolute atomic E-state index is 12.7. The van der Waals surface area contributed by atoms with Gasteiger partial charge in [0.15, 0.2) is 5.78 Å². The van der Waals surface area contributed by atoms with Gasteiger partial charge in [-0.25, -0.2) is 4.98 Å². The van der Waals surface area contributed by atoms with Gasteiger partial charge in [0, 0.05) is 23.3 Å². The van der Waals surface area contributed by atoms with Gasteiger partial charge in [-0.1, -0.05) is 11.8 Å². The van der Waals surface area contributed by atoms with E-state index in [9.17, 15) is 14.9 Å². The van der Waals surface area contributed by atoms with E-state index in [4.69, 9.17) is 0 Å². The van der Waals surface area contributed by atoms with Crippen LogP contribution in [0, 0.1) is 18.3 Å². The molecule has 0 aliphatic heterocycles. The van der Waals surface area contributed by atoms with Crippen LogP contribution in [-0.2, 0) is 4.79 Å². The summed E-state index contributed by atoms with van der Waals surface area (Å²) in [7, 11) is 0. The van der Waals surface area contributed by atoms with Crippen LogP contribution in [0.4, 0.5) is 0 Å². The zero-order valence-corrected chi connectivity index (χ0v) is 16.2. The Morgan fingerprint density at radius 2 is 1.75 bits per heavy atom. The van der Waals surface area contributed by atoms with Gasteiger partial charge in [-0.2, -0.15) is 5.26 Å². The van der Waals surface area contributed by atoms with Gasteiger partial charge in [-0.15, -0.1) is 0 Å². The molecule has 0 aromatic carbocycles. The van der Waals surface area contributed by atoms with E-state index >= 15 is 0 Å². The molecule has 1 unspecified atom stereocenters. The molecule has 24 heavy (non-hydrogen) atoms. The minimum Gasteiger partial charge on any atom is -0.337 e. The summed E-state index contributed by atoms with van der Waals surface area (Å²) in [5.41, 5.74) is 1.35. The zero-order valence-electron chi connectivity index (χ0n) is 15.4. The lowest BCUT2D eigenvalue weighted by atomic mass is 10.1. The van der Waals surface area contributed by atoms with E-state index in [-0.39, 0.29) is 29.0 Å². The number of nitriles is 1. The topological polar surface area (TPSA) is 74.1 Å². The molecule has 0 saturated carbocycles. The van der Waals surface area contributed by atoms with Gasteiger partial charge in [0.1, 0.15) is 11.1 Å². The molecular formula is C18H25N3O2S. The number of rotatable bonds is 6. The SMILES string of the molecule is CC(=O)c1cc(C#N)c(SC(C)C(=O)N(C(C)C)C(C)C)nc1C. The van der Waals surface area contributed by atoms with Crippen molar-refractivity contribution in [3.8, 4) is 6.07 Å². The first kappa shape index (κ1) is 20.2. The largest absolute Gasteiger partial charge is 0.337 e. The predicted octanol–water partition coefficient (Wildman–Crippen LogP) is 3.59. The maximum atomic E-state index is 12.7. The third-order valence-corrected chi connectivity index (χ3v) is 4.77. The lowest BCUT2D eigenvalue weighted by molar-refractivity contribution is -0.133. The second kappa shape index (κ2) is 8.29. The number of nitrogens with zero attached hydrogens (tertiary/aromatic N) is 3. The van der Waals surface area contributed by atoms with Gasteiger partial charge in [-0.3, -0.25) is 9.59 Å². The number of hydrogen-bond acceptors (Lipinski definition) is 5. The quantitative estimate of drug-likeness (QED) is 0.581. The molecule has 0 bridgehead atoms. The first-order valence-electron chi connectivity index (χ1n) is 8.01. The average molecular weight is 347 g/mol. The molecular weight excluding hydrogens is 322 g/mol. The minimum absolute atomic E-state index is 0.0176. The van der Waals surface area contributed by atoms with Crippen LogP contribution in [0.2, 0.25) is 0 Å². The van der Waals surface area contributed by atoms with Crippen LogP contribution in [-0.4, -0.2) is 38.9 Å². The summed E-state index contributed by atoms with van der Waals surface area (Å²) >= 11 is 1.26. The van der Waals surface area contributed by atoms with Crippen molar-refractivity contribution in [3.63, 3.8) is 0 Å². The maximum Gasteiger partial charge on any atom is 0.236 e. The number of Topliss-reactive ketones (excluding diaryl/α,β-unsaturated/α-hetero) is 1. The van der Waals surface area contributed by atoms with Crippen molar-refractivity contribution in [3.05, 3.63) is 22.9 Å². The monoisotopic (exact) mass is 347 g/mol. The normalized spacial score (nSPS) is 12.2. The molecule has 0 fully saturated rings. The summed E-state index contributed by atoms with van der Waals surface area (Å²) in [4.78, 5) is 30.5. The lowest BCUT2D eigenvalue weighted by Crippen LogP contribution is -2.45. The molecule has 0 saturated heterocycles. The van der Waals surface area contributed by atoms with Gasteiger partial charge >= 0.3 is 0 Å². The number of ketones is 1. The fourth-order valence-corrected chi connectivity index (χ4v) is 3.62. The molecule has 0 aliphatic carbocycles. The zero-order chi connectivity index (χ0) is 18.6. The summed E-state index contributed by atoms with van der Waals surface area (Å²) in [6.45, 7) is 13.0. The van der Waals surface area contributed by atoms with Crippen LogP contribution in [0.3, 0.4) is 0 Å². The highest BCUT2D eigenvalue weighted by molar-refractivity contribution is 8.00. The first-order chi connectivity index (χ1) is 11.1. The Kier molecular flexibility index (Phi) is 6.97. The van der Waals surface area contributed by atoms with Crippen LogP contribution in [0.25, 0.3) is 0 Å². The Morgan fingerprint density at radius 3 is 2.17 bits per heavy atom. The van der Waals surface area contributed by atoms with Crippen LogP contribution < -0.4 is 0 Å². The molecule has 0 spiro atoms. The molecule has 130 valence electrons. The van der Waals surface area contributed by atoms with Crippen molar-refractivity contribution in [2.75, 3.05) is 0 Å². The summed E-state index contributed by atoms with van der Waals surface area (Å²) < 4.78 is 0. The molecule has 0 aliphatic rings. The van der Waals surface area contributed by atoms with Crippen molar-refractivity contribution < 1.29 is 9.59 Å². The molecule has 1 aromatic rings. The van der Waals surface area contributed by atoms with Crippen molar-refractivity contribution in [1.29, 1.82) is 5.26 Å². The average Bonchev–Trinajstić information content (AvgIpc) is 2.46. The standard InChI is InChI=1S/C18H25N3O2S/c1-10(2)21(11(3)4)18(23)14(7)24-17-15(9-19)8-16(13(6)22)12(5)20-17/h8,10-11,14H,1-7H3. The molecule has 6 heteroatoms. The Morgan fingerprint density at radius 1 is 1.21 bits per heavy atom. The summed E-state index contributed by atoms with van der Waals surface area (Å²) in [6, 6.07) is 3.84. The molecule has 0 radical (unpaired) electrons. The van der Waals surface area contributed by atoms with Crippen LogP contribution >= 0.6 is 11.8 Å². The van der Waals surface area contributed by atoms with E-state index in [1.807, 2.05) is 39.5 Å². The van der Waals surface area contributed by atoms with Gasteiger partial charge < -0.3 is 4.90 Å². The number of amides is 1. The fourth-order valence-electron chi connectivity index (χ4n) is 2.64. The third-order valence-electron chi connectivity index (χ3n) is 3.68. The number of thioether (sulfide) groups is 1. The summed E-state index contributed by atoms with van der Waals surface area (Å²) in [5, 5.41) is 9.47. The van der Waals surface area contributed by atoms with E-state index in [1.54, 1.807) is 13.0 Å². The van der Waals surface area contributed by atoms with E-state index in [0.717, 1.165) is 0 Å². The van der Waals surface area contributed by atoms with Crippen LogP contribution in [0.5, 0.6) is 0 Å². The van der Waals surface area contributed by atoms with Crippen LogP contribution in [0.15, 0.2) is 11.1 Å². The van der Waals surface area contributed by atoms with E-state index in [2.05, 4.69) is 11.1 Å². The highest BCUT2D eigenvalue weighted by Crippen LogP contribution is 2.28. The number of aryl methyl sites for hydroxylation is 1. The van der Waals surface area contributed by atoms with Crippen molar-refractivity contribution in [1.82, 2.24) is 9.88 Å². The second-order valence-corrected chi connectivity index (χ2v) is 7.66. The minimum atomic E-state index is -0.364. The van der Waals surface area contributed by atoms with E-state index in [0.29, 0.717) is 21.8 Å². The number of aromatic nitrogens is 1. The summed E-state index contributed by atoms with van der Waals surface area (Å²) in [6.07, 6.45) is 0. The Bertz CT molecular complexity index is 670. The number of carbonyl (C=O) groups is 2. The van der Waals surface area contributed by atoms with Crippen molar-refractivity contribution in [2.24, 2.45) is 0 Å². The van der Waals surface area contributed by atoms with Crippen molar-refractivity contribution >= 4 is 23.5 Å². The molecule has 1 amide bonds. The predicted molar refractivity (Wildman–Crippen MR) is 96.1 cm³/mol. The molecule has 1 atom stereocenters. The van der Waals surface area contributed by atoms with Gasteiger partial charge in [0.25, 0.3) is 0 Å². The number of pyridine rings is 1. The first-order valence-corrected chi connectivity index (χ1v) is 8.89. The Hall–Kier alpha value is -1.87. The molecule has 1 rings (SSSR count). The lowest BCUT2D eigenvalue weighted by Gasteiger charge is -2.32. The Labute approximate surface area is 148 Å². The van der Waals surface area contributed by atoms with Gasteiger partial charge in [0.2, 0.25) is 5.91 Å². The van der Waals surface area contributed by atoms with Gasteiger partial charge in [-0.05, 0) is 54.5 Å². The molecule has 1 heterocycles. The number of carbonyl (C=O) groups excluding carboxylic acids is 2. The molecule has 0 N–H and O–H groups in total.